The van der Waals surface area contributed by atoms with Gasteiger partial charge in [-0.1, -0.05) is 18.0 Å². The van der Waals surface area contributed by atoms with Gasteiger partial charge in [-0.3, -0.25) is 4.79 Å². The number of benzene rings is 1. The number of carbonyl (C=O) groups excluding carboxylic acids is 1. The van der Waals surface area contributed by atoms with Gasteiger partial charge < -0.3 is 10.1 Å². The zero-order valence-electron chi connectivity index (χ0n) is 16.6. The molecule has 2 aromatic rings. The van der Waals surface area contributed by atoms with E-state index in [-0.39, 0.29) is 34.2 Å². The summed E-state index contributed by atoms with van der Waals surface area (Å²) in [6.07, 6.45) is 2.66. The predicted octanol–water partition coefficient (Wildman–Crippen LogP) is 4.46. The van der Waals surface area contributed by atoms with Crippen LogP contribution in [0.4, 0.5) is 0 Å². The second kappa shape index (κ2) is 9.04. The highest BCUT2D eigenvalue weighted by atomic mass is 35.5. The second-order valence-electron chi connectivity index (χ2n) is 7.16. The Morgan fingerprint density at radius 2 is 2.07 bits per heavy atom. The third-order valence-corrected chi connectivity index (χ3v) is 8.57. The van der Waals surface area contributed by atoms with E-state index in [1.54, 1.807) is 12.1 Å². The van der Waals surface area contributed by atoms with Crippen LogP contribution in [0.1, 0.15) is 54.4 Å². The molecule has 1 aromatic heterocycles. The van der Waals surface area contributed by atoms with Crippen molar-refractivity contribution in [1.82, 2.24) is 9.62 Å². The van der Waals surface area contributed by atoms with Crippen LogP contribution >= 0.6 is 22.9 Å². The molecule has 9 heteroatoms. The smallest absolute Gasteiger partial charge is 0.251 e. The topological polar surface area (TPSA) is 75.7 Å². The average molecular weight is 457 g/mol. The molecule has 0 aliphatic carbocycles. The molecule has 1 aromatic carbocycles. The van der Waals surface area contributed by atoms with Crippen LogP contribution in [-0.2, 0) is 10.0 Å². The summed E-state index contributed by atoms with van der Waals surface area (Å²) in [4.78, 5) is 13.7. The lowest BCUT2D eigenvalue weighted by Gasteiger charge is -2.32. The summed E-state index contributed by atoms with van der Waals surface area (Å²) in [6, 6.07) is 7.81. The van der Waals surface area contributed by atoms with E-state index >= 15 is 0 Å². The van der Waals surface area contributed by atoms with Crippen LogP contribution in [0.2, 0.25) is 4.34 Å². The van der Waals surface area contributed by atoms with Crippen LogP contribution in [-0.4, -0.2) is 38.3 Å². The molecule has 2 atom stereocenters. The summed E-state index contributed by atoms with van der Waals surface area (Å²) in [6.45, 7) is 4.24. The van der Waals surface area contributed by atoms with Gasteiger partial charge in [0.15, 0.2) is 0 Å². The molecule has 2 heterocycles. The van der Waals surface area contributed by atoms with Crippen molar-refractivity contribution in [3.8, 4) is 5.75 Å². The van der Waals surface area contributed by atoms with E-state index in [9.17, 15) is 13.2 Å². The van der Waals surface area contributed by atoms with Crippen molar-refractivity contribution >= 4 is 38.9 Å². The molecule has 2 unspecified atom stereocenters. The first-order valence-corrected chi connectivity index (χ1v) is 12.1. The van der Waals surface area contributed by atoms with E-state index in [0.29, 0.717) is 10.9 Å². The van der Waals surface area contributed by atoms with E-state index in [1.807, 2.05) is 19.9 Å². The maximum absolute atomic E-state index is 13.3. The molecule has 1 aliphatic rings. The number of halogens is 1. The lowest BCUT2D eigenvalue weighted by atomic mass is 10.1. The van der Waals surface area contributed by atoms with Crippen molar-refractivity contribution in [2.75, 3.05) is 13.7 Å². The highest BCUT2D eigenvalue weighted by Crippen LogP contribution is 2.32. The molecule has 0 spiro atoms. The molecule has 0 radical (unpaired) electrons. The molecule has 158 valence electrons. The number of piperidine rings is 1. The van der Waals surface area contributed by atoms with Crippen molar-refractivity contribution in [2.24, 2.45) is 0 Å². The number of carbonyl (C=O) groups is 1. The number of hydrogen-bond acceptors (Lipinski definition) is 5. The molecule has 1 fully saturated rings. The Bertz CT molecular complexity index is 990. The fourth-order valence-electron chi connectivity index (χ4n) is 3.49. The minimum absolute atomic E-state index is 0.0215. The molecule has 0 bridgehead atoms. The van der Waals surface area contributed by atoms with Crippen LogP contribution < -0.4 is 10.1 Å². The standard InChI is InChI=1S/C20H25ClN2O4S2/c1-13-6-4-5-11-23(13)29(25,26)18-12-15(7-8-16(18)27-3)20(24)22-14(2)17-9-10-19(21)28-17/h7-10,12-14H,4-6,11H2,1-3H3,(H,22,24). The van der Waals surface area contributed by atoms with Crippen LogP contribution in [0.25, 0.3) is 0 Å². The van der Waals surface area contributed by atoms with Gasteiger partial charge in [-0.05, 0) is 57.0 Å². The Labute approximate surface area is 180 Å². The monoisotopic (exact) mass is 456 g/mol. The van der Waals surface area contributed by atoms with E-state index < -0.39 is 10.0 Å². The third kappa shape index (κ3) is 4.77. The number of thiophene rings is 1. The molecule has 0 saturated carbocycles. The molecule has 1 N–H and O–H groups in total. The molecule has 1 amide bonds. The number of nitrogens with zero attached hydrogens (tertiary/aromatic N) is 1. The zero-order chi connectivity index (χ0) is 21.2. The van der Waals surface area contributed by atoms with Crippen LogP contribution in [0.15, 0.2) is 35.2 Å². The first-order valence-electron chi connectivity index (χ1n) is 9.50. The Balaban J connectivity index is 1.89. The van der Waals surface area contributed by atoms with Crippen molar-refractivity contribution in [3.63, 3.8) is 0 Å². The Kier molecular flexibility index (Phi) is 6.88. The number of ether oxygens (including phenoxy) is 1. The van der Waals surface area contributed by atoms with Gasteiger partial charge in [0.25, 0.3) is 5.91 Å². The highest BCUT2D eigenvalue weighted by Gasteiger charge is 2.33. The number of methoxy groups -OCH3 is 1. The number of nitrogens with one attached hydrogen (secondary N) is 1. The fraction of sp³-hybridized carbons (Fsp3) is 0.450. The van der Waals surface area contributed by atoms with Gasteiger partial charge in [0, 0.05) is 23.0 Å². The van der Waals surface area contributed by atoms with Gasteiger partial charge in [0.1, 0.15) is 10.6 Å². The molecule has 6 nitrogen and oxygen atoms in total. The lowest BCUT2D eigenvalue weighted by molar-refractivity contribution is 0.0940. The van der Waals surface area contributed by atoms with Crippen LogP contribution in [0, 0.1) is 0 Å². The predicted molar refractivity (Wildman–Crippen MR) is 115 cm³/mol. The molecule has 1 aliphatic heterocycles. The van der Waals surface area contributed by atoms with E-state index in [0.717, 1.165) is 24.1 Å². The Morgan fingerprint density at radius 1 is 1.31 bits per heavy atom. The largest absolute Gasteiger partial charge is 0.495 e. The van der Waals surface area contributed by atoms with Crippen LogP contribution in [0.3, 0.4) is 0 Å². The average Bonchev–Trinajstić information content (AvgIpc) is 3.14. The molecule has 3 rings (SSSR count). The molecule has 29 heavy (non-hydrogen) atoms. The maximum atomic E-state index is 13.3. The van der Waals surface area contributed by atoms with Gasteiger partial charge in [-0.2, -0.15) is 4.31 Å². The summed E-state index contributed by atoms with van der Waals surface area (Å²) >= 11 is 7.36. The Hall–Kier alpha value is -1.61. The first kappa shape index (κ1) is 22.1. The van der Waals surface area contributed by atoms with E-state index in [2.05, 4.69) is 5.32 Å². The first-order chi connectivity index (χ1) is 13.7. The second-order valence-corrected chi connectivity index (χ2v) is 10.8. The minimum Gasteiger partial charge on any atom is -0.495 e. The highest BCUT2D eigenvalue weighted by molar-refractivity contribution is 7.89. The van der Waals surface area contributed by atoms with Gasteiger partial charge in [-0.15, -0.1) is 11.3 Å². The fourth-order valence-corrected chi connectivity index (χ4v) is 6.43. The Morgan fingerprint density at radius 3 is 2.69 bits per heavy atom. The van der Waals surface area contributed by atoms with Gasteiger partial charge in [-0.25, -0.2) is 8.42 Å². The molecular formula is C20H25ClN2O4S2. The van der Waals surface area contributed by atoms with Gasteiger partial charge >= 0.3 is 0 Å². The number of hydrogen-bond donors (Lipinski definition) is 1. The summed E-state index contributed by atoms with van der Waals surface area (Å²) in [5, 5.41) is 2.89. The third-order valence-electron chi connectivity index (χ3n) is 5.12. The summed E-state index contributed by atoms with van der Waals surface area (Å²) in [5.74, 6) is -0.120. The SMILES string of the molecule is COc1ccc(C(=O)NC(C)c2ccc(Cl)s2)cc1S(=O)(=O)N1CCCCC1C. The van der Waals surface area contributed by atoms with Crippen molar-refractivity contribution < 1.29 is 17.9 Å². The summed E-state index contributed by atoms with van der Waals surface area (Å²) in [5.41, 5.74) is 0.267. The quantitative estimate of drug-likeness (QED) is 0.696. The van der Waals surface area contributed by atoms with Gasteiger partial charge in [0.2, 0.25) is 10.0 Å². The lowest BCUT2D eigenvalue weighted by Crippen LogP contribution is -2.42. The van der Waals surface area contributed by atoms with Crippen molar-refractivity contribution in [3.05, 3.63) is 45.1 Å². The van der Waals surface area contributed by atoms with E-state index in [4.69, 9.17) is 16.3 Å². The van der Waals surface area contributed by atoms with E-state index in [1.165, 1.54) is 34.9 Å². The van der Waals surface area contributed by atoms with Gasteiger partial charge in [0.05, 0.1) is 17.5 Å². The summed E-state index contributed by atoms with van der Waals surface area (Å²) in [7, 11) is -2.35. The number of rotatable bonds is 6. The van der Waals surface area contributed by atoms with Crippen molar-refractivity contribution in [2.45, 2.75) is 50.1 Å². The normalized spacial score (nSPS) is 19.0. The van der Waals surface area contributed by atoms with Crippen LogP contribution in [0.5, 0.6) is 5.75 Å². The number of sulfonamides is 1. The number of amides is 1. The zero-order valence-corrected chi connectivity index (χ0v) is 19.0. The minimum atomic E-state index is -3.77. The maximum Gasteiger partial charge on any atom is 0.251 e. The van der Waals surface area contributed by atoms with Crippen molar-refractivity contribution in [1.29, 1.82) is 0 Å². The molecular weight excluding hydrogens is 432 g/mol. The summed E-state index contributed by atoms with van der Waals surface area (Å²) < 4.78 is 34.0. The molecule has 1 saturated heterocycles.